The van der Waals surface area contributed by atoms with E-state index in [2.05, 4.69) is 15.1 Å². The minimum Gasteiger partial charge on any atom is -0.426 e. The van der Waals surface area contributed by atoms with E-state index in [1.54, 1.807) is 35.1 Å². The van der Waals surface area contributed by atoms with Gasteiger partial charge in [-0.2, -0.15) is 5.10 Å². The molecule has 0 amide bonds. The molecule has 0 saturated carbocycles. The van der Waals surface area contributed by atoms with Gasteiger partial charge >= 0.3 is 0 Å². The summed E-state index contributed by atoms with van der Waals surface area (Å²) in [5.41, 5.74) is 3.01. The smallest absolute Gasteiger partial charge is 0.298 e. The third-order valence-electron chi connectivity index (χ3n) is 3.61. The average molecular weight is 339 g/mol. The highest BCUT2D eigenvalue weighted by molar-refractivity contribution is 6.30. The van der Waals surface area contributed by atoms with E-state index in [4.69, 9.17) is 16.3 Å². The second-order valence-electron chi connectivity index (χ2n) is 5.06. The van der Waals surface area contributed by atoms with Crippen LogP contribution in [-0.4, -0.2) is 26.2 Å². The van der Waals surface area contributed by atoms with Crippen molar-refractivity contribution in [3.8, 4) is 23.0 Å². The number of benzene rings is 2. The average Bonchev–Trinajstić information content (AvgIpc) is 3.22. The molecule has 7 heteroatoms. The summed E-state index contributed by atoms with van der Waals surface area (Å²) in [4.78, 5) is 18.4. The quantitative estimate of drug-likeness (QED) is 0.577. The molecule has 0 unspecified atom stereocenters. The monoisotopic (exact) mass is 338 g/mol. The minimum atomic E-state index is 0.390. The number of H-pyrrole nitrogens is 1. The number of ether oxygens (including phenoxy) is 1. The second kappa shape index (κ2) is 5.82. The number of para-hydroxylation sites is 1. The lowest BCUT2D eigenvalue weighted by Gasteiger charge is -2.05. The molecule has 6 nitrogen and oxygen atoms in total. The molecule has 118 valence electrons. The van der Waals surface area contributed by atoms with Crippen LogP contribution < -0.4 is 4.74 Å². The number of hydrogen-bond acceptors (Lipinski definition) is 4. The van der Waals surface area contributed by atoms with Crippen molar-refractivity contribution in [2.75, 3.05) is 0 Å². The van der Waals surface area contributed by atoms with Crippen molar-refractivity contribution in [3.63, 3.8) is 0 Å². The number of hydrogen-bond donors (Lipinski definition) is 1. The van der Waals surface area contributed by atoms with Crippen LogP contribution >= 0.6 is 11.6 Å². The lowest BCUT2D eigenvalue weighted by Crippen LogP contribution is -1.99. The van der Waals surface area contributed by atoms with Gasteiger partial charge in [0.05, 0.1) is 17.4 Å². The van der Waals surface area contributed by atoms with Gasteiger partial charge in [-0.3, -0.25) is 4.79 Å². The van der Waals surface area contributed by atoms with E-state index in [0.717, 1.165) is 16.9 Å². The predicted octanol–water partition coefficient (Wildman–Crippen LogP) is 3.60. The number of nitrogens with one attached hydrogen (secondary N) is 1. The first-order valence-electron chi connectivity index (χ1n) is 7.15. The third-order valence-corrected chi connectivity index (χ3v) is 3.86. The molecule has 0 aliphatic carbocycles. The van der Waals surface area contributed by atoms with E-state index in [9.17, 15) is 4.79 Å². The summed E-state index contributed by atoms with van der Waals surface area (Å²) in [6, 6.07) is 14.6. The van der Waals surface area contributed by atoms with E-state index in [0.29, 0.717) is 28.6 Å². The molecular weight excluding hydrogens is 328 g/mol. The summed E-state index contributed by atoms with van der Waals surface area (Å²) in [6.45, 7) is 0.390. The number of aromatic amines is 1. The Labute approximate surface area is 141 Å². The van der Waals surface area contributed by atoms with Crippen molar-refractivity contribution in [1.82, 2.24) is 19.7 Å². The minimum absolute atomic E-state index is 0.390. The molecule has 4 rings (SSSR count). The molecule has 0 saturated heterocycles. The molecule has 1 N–H and O–H groups in total. The van der Waals surface area contributed by atoms with Crippen LogP contribution in [-0.2, 0) is 4.79 Å². The maximum Gasteiger partial charge on any atom is 0.298 e. The van der Waals surface area contributed by atoms with Crippen LogP contribution in [0.3, 0.4) is 0 Å². The number of nitrogens with zero attached hydrogens (tertiary/aromatic N) is 3. The molecule has 0 aliphatic heterocycles. The van der Waals surface area contributed by atoms with Gasteiger partial charge in [-0.1, -0.05) is 17.7 Å². The van der Waals surface area contributed by atoms with Crippen molar-refractivity contribution in [2.45, 2.75) is 0 Å². The van der Waals surface area contributed by atoms with E-state index >= 15 is 0 Å². The first-order chi connectivity index (χ1) is 11.8. The van der Waals surface area contributed by atoms with Crippen molar-refractivity contribution in [1.29, 1.82) is 0 Å². The molecule has 0 fully saturated rings. The lowest BCUT2D eigenvalue weighted by atomic mass is 10.3. The van der Waals surface area contributed by atoms with E-state index in [1.165, 1.54) is 0 Å². The molecule has 2 aromatic carbocycles. The Morgan fingerprint density at radius 3 is 2.75 bits per heavy atom. The highest BCUT2D eigenvalue weighted by Crippen LogP contribution is 2.28. The first-order valence-corrected chi connectivity index (χ1v) is 7.53. The van der Waals surface area contributed by atoms with Gasteiger partial charge in [0.25, 0.3) is 6.47 Å². The fraction of sp³-hybridized carbons (Fsp3) is 0. The molecule has 0 aliphatic rings. The number of halogens is 1. The fourth-order valence-electron chi connectivity index (χ4n) is 2.54. The molecule has 0 atom stereocenters. The normalized spacial score (nSPS) is 10.9. The van der Waals surface area contributed by atoms with Crippen LogP contribution in [0.1, 0.15) is 0 Å². The number of carbonyl (C=O) groups is 1. The zero-order chi connectivity index (χ0) is 16.5. The maximum atomic E-state index is 10.6. The zero-order valence-electron chi connectivity index (χ0n) is 12.3. The van der Waals surface area contributed by atoms with Crippen LogP contribution in [0, 0.1) is 0 Å². The summed E-state index contributed by atoms with van der Waals surface area (Å²) < 4.78 is 6.74. The zero-order valence-corrected chi connectivity index (χ0v) is 13.1. The van der Waals surface area contributed by atoms with E-state index in [1.807, 2.05) is 24.3 Å². The van der Waals surface area contributed by atoms with Crippen LogP contribution in [0.15, 0.2) is 54.7 Å². The second-order valence-corrected chi connectivity index (χ2v) is 5.49. The number of carbonyl (C=O) groups excluding carboxylic acids is 1. The largest absolute Gasteiger partial charge is 0.426 e. The lowest BCUT2D eigenvalue weighted by molar-refractivity contribution is -0.120. The van der Waals surface area contributed by atoms with Crippen molar-refractivity contribution < 1.29 is 9.53 Å². The van der Waals surface area contributed by atoms with E-state index in [-0.39, 0.29) is 0 Å². The van der Waals surface area contributed by atoms with Gasteiger partial charge in [0.2, 0.25) is 0 Å². The topological polar surface area (TPSA) is 72.8 Å². The summed E-state index contributed by atoms with van der Waals surface area (Å²) in [6.07, 6.45) is 1.69. The van der Waals surface area contributed by atoms with Gasteiger partial charge in [-0.25, -0.2) is 9.67 Å². The molecule has 4 aromatic rings. The van der Waals surface area contributed by atoms with Gasteiger partial charge < -0.3 is 9.72 Å². The number of rotatable bonds is 4. The highest BCUT2D eigenvalue weighted by atomic mass is 35.5. The van der Waals surface area contributed by atoms with Gasteiger partial charge in [-0.15, -0.1) is 0 Å². The van der Waals surface area contributed by atoms with Gasteiger partial charge in [0.15, 0.2) is 11.6 Å². The standard InChI is InChI=1S/C17H11ClN4O2/c18-11-4-6-12(7-5-11)22-14(8-9-19-22)17-20-13-2-1-3-15(24-10-23)16(13)21-17/h1-10H,(H,20,21). The molecule has 0 radical (unpaired) electrons. The fourth-order valence-corrected chi connectivity index (χ4v) is 2.67. The Hall–Kier alpha value is -3.12. The Bertz CT molecular complexity index is 1020. The van der Waals surface area contributed by atoms with Crippen LogP contribution in [0.2, 0.25) is 5.02 Å². The van der Waals surface area contributed by atoms with E-state index < -0.39 is 0 Å². The SMILES string of the molecule is O=COc1cccc2[nH]c(-c3ccnn3-c3ccc(Cl)cc3)nc12. The summed E-state index contributed by atoms with van der Waals surface area (Å²) in [7, 11) is 0. The molecule has 0 spiro atoms. The van der Waals surface area contributed by atoms with Crippen LogP contribution in [0.25, 0.3) is 28.2 Å². The summed E-state index contributed by atoms with van der Waals surface area (Å²) >= 11 is 5.94. The van der Waals surface area contributed by atoms with Crippen LogP contribution in [0.4, 0.5) is 0 Å². The number of aromatic nitrogens is 4. The highest BCUT2D eigenvalue weighted by Gasteiger charge is 2.14. The predicted molar refractivity (Wildman–Crippen MR) is 90.4 cm³/mol. The molecule has 24 heavy (non-hydrogen) atoms. The Balaban J connectivity index is 1.84. The van der Waals surface area contributed by atoms with Crippen LogP contribution in [0.5, 0.6) is 5.75 Å². The number of fused-ring (bicyclic) bond motifs is 1. The van der Waals surface area contributed by atoms with Crippen molar-refractivity contribution >= 4 is 29.1 Å². The Morgan fingerprint density at radius 2 is 1.96 bits per heavy atom. The molecule has 0 bridgehead atoms. The number of imidazole rings is 1. The molecule has 2 heterocycles. The Morgan fingerprint density at radius 1 is 1.12 bits per heavy atom. The molecular formula is C17H11ClN4O2. The summed E-state index contributed by atoms with van der Waals surface area (Å²) in [5, 5.41) is 5.01. The summed E-state index contributed by atoms with van der Waals surface area (Å²) in [5.74, 6) is 1.03. The van der Waals surface area contributed by atoms with Gasteiger partial charge in [-0.05, 0) is 42.5 Å². The van der Waals surface area contributed by atoms with Gasteiger partial charge in [0.1, 0.15) is 11.2 Å². The van der Waals surface area contributed by atoms with Gasteiger partial charge in [0, 0.05) is 5.02 Å². The Kier molecular flexibility index (Phi) is 3.51. The van der Waals surface area contributed by atoms with Crippen molar-refractivity contribution in [2.24, 2.45) is 0 Å². The third kappa shape index (κ3) is 2.43. The van der Waals surface area contributed by atoms with Crippen molar-refractivity contribution in [3.05, 3.63) is 59.8 Å². The first kappa shape index (κ1) is 14.5. The maximum absolute atomic E-state index is 10.6. The molecule has 2 aromatic heterocycles.